The van der Waals surface area contributed by atoms with Crippen LogP contribution >= 0.6 is 0 Å². The van der Waals surface area contributed by atoms with E-state index in [9.17, 15) is 9.59 Å². The molecule has 1 unspecified atom stereocenters. The Morgan fingerprint density at radius 1 is 0.783 bits per heavy atom. The molecule has 238 valence electrons. The highest BCUT2D eigenvalue weighted by Gasteiger charge is 2.19. The van der Waals surface area contributed by atoms with E-state index in [0.717, 1.165) is 53.0 Å². The summed E-state index contributed by atoms with van der Waals surface area (Å²) in [6.07, 6.45) is 1.33. The van der Waals surface area contributed by atoms with Gasteiger partial charge in [-0.1, -0.05) is 62.4 Å². The van der Waals surface area contributed by atoms with Gasteiger partial charge in [0.25, 0.3) is 0 Å². The summed E-state index contributed by atoms with van der Waals surface area (Å²) < 4.78 is 28.4. The van der Waals surface area contributed by atoms with Gasteiger partial charge in [-0.25, -0.2) is 4.79 Å². The molecule has 4 aromatic rings. The minimum atomic E-state index is -0.411. The van der Waals surface area contributed by atoms with Crippen LogP contribution in [0.25, 0.3) is 11.1 Å². The molecule has 1 aliphatic rings. The van der Waals surface area contributed by atoms with Gasteiger partial charge in [0.05, 0.1) is 5.56 Å². The lowest BCUT2D eigenvalue weighted by molar-refractivity contribution is -0.147. The summed E-state index contributed by atoms with van der Waals surface area (Å²) in [5.41, 5.74) is 5.58. The zero-order valence-corrected chi connectivity index (χ0v) is 26.4. The summed E-state index contributed by atoms with van der Waals surface area (Å²) in [5, 5.41) is 3.28. The predicted octanol–water partition coefficient (Wildman–Crippen LogP) is 7.31. The number of esters is 2. The molecule has 5 rings (SSSR count). The fourth-order valence-electron chi connectivity index (χ4n) is 5.27. The smallest absolute Gasteiger partial charge is 0.343 e. The molecule has 1 heterocycles. The summed E-state index contributed by atoms with van der Waals surface area (Å²) in [6.45, 7) is 7.40. The van der Waals surface area contributed by atoms with Crippen molar-refractivity contribution in [3.8, 4) is 23.0 Å². The van der Waals surface area contributed by atoms with Crippen LogP contribution in [0.3, 0.4) is 0 Å². The van der Waals surface area contributed by atoms with E-state index in [1.807, 2.05) is 72.8 Å². The molecule has 0 saturated carbocycles. The number of carbonyl (C=O) groups is 2. The Morgan fingerprint density at radius 3 is 2.09 bits per heavy atom. The van der Waals surface area contributed by atoms with Crippen molar-refractivity contribution < 1.29 is 33.3 Å². The van der Waals surface area contributed by atoms with Crippen LogP contribution in [0.5, 0.6) is 23.0 Å². The van der Waals surface area contributed by atoms with Crippen molar-refractivity contribution in [3.63, 3.8) is 0 Å². The second kappa shape index (κ2) is 15.8. The number of benzene rings is 4. The molecule has 4 aromatic carbocycles. The molecule has 0 saturated heterocycles. The van der Waals surface area contributed by atoms with Crippen molar-refractivity contribution in [3.05, 3.63) is 119 Å². The molecule has 8 heteroatoms. The van der Waals surface area contributed by atoms with Crippen molar-refractivity contribution in [2.75, 3.05) is 26.5 Å². The summed E-state index contributed by atoms with van der Waals surface area (Å²) >= 11 is 0. The zero-order chi connectivity index (χ0) is 32.3. The monoisotopic (exact) mass is 621 g/mol. The first-order valence-electron chi connectivity index (χ1n) is 15.6. The Balaban J connectivity index is 1.43. The van der Waals surface area contributed by atoms with Gasteiger partial charge in [0.15, 0.2) is 11.5 Å². The van der Waals surface area contributed by atoms with Crippen LogP contribution in [0, 0.1) is 0 Å². The van der Waals surface area contributed by atoms with Crippen LogP contribution < -0.4 is 24.3 Å². The molecule has 0 bridgehead atoms. The summed E-state index contributed by atoms with van der Waals surface area (Å²) in [4.78, 5) is 24.3. The Labute approximate surface area is 269 Å². The lowest BCUT2D eigenvalue weighted by Crippen LogP contribution is -2.35. The van der Waals surface area contributed by atoms with E-state index in [0.29, 0.717) is 29.4 Å². The van der Waals surface area contributed by atoms with E-state index in [1.54, 1.807) is 24.3 Å². The van der Waals surface area contributed by atoms with Gasteiger partial charge in [0.2, 0.25) is 6.79 Å². The first kappa shape index (κ1) is 32.3. The minimum Gasteiger partial charge on any atom is -0.490 e. The third kappa shape index (κ3) is 8.34. The van der Waals surface area contributed by atoms with Crippen molar-refractivity contribution in [2.24, 2.45) is 0 Å². The molecule has 0 aromatic heterocycles. The lowest BCUT2D eigenvalue weighted by Gasteiger charge is -2.19. The predicted molar refractivity (Wildman–Crippen MR) is 177 cm³/mol. The van der Waals surface area contributed by atoms with Gasteiger partial charge < -0.3 is 29.0 Å². The molecule has 1 N–H and O–H groups in total. The fraction of sp³-hybridized carbons (Fsp3) is 0.263. The number of carbonyl (C=O) groups excluding carboxylic acids is 2. The SMILES string of the molecule is CCCNCC(COc1ccc(/C(=C(/CC)c2ccc3c(c2)OCO3)c2ccc(OC(=O)c3ccccc3)cc2)cc1)OC(C)=O. The molecule has 0 radical (unpaired) electrons. The third-order valence-electron chi connectivity index (χ3n) is 7.45. The molecule has 46 heavy (non-hydrogen) atoms. The Hall–Kier alpha value is -5.08. The van der Waals surface area contributed by atoms with Crippen LogP contribution in [-0.2, 0) is 9.53 Å². The molecule has 1 aliphatic heterocycles. The maximum absolute atomic E-state index is 12.6. The quantitative estimate of drug-likeness (QED) is 0.0678. The first-order chi connectivity index (χ1) is 22.4. The molecule has 0 amide bonds. The number of fused-ring (bicyclic) bond motifs is 1. The van der Waals surface area contributed by atoms with Crippen LogP contribution in [0.15, 0.2) is 97.1 Å². The normalized spacial score (nSPS) is 13.0. The molecular formula is C38H39NO7. The van der Waals surface area contributed by atoms with Gasteiger partial charge >= 0.3 is 11.9 Å². The fourth-order valence-corrected chi connectivity index (χ4v) is 5.27. The molecule has 8 nitrogen and oxygen atoms in total. The number of rotatable bonds is 14. The topological polar surface area (TPSA) is 92.3 Å². The molecule has 1 atom stereocenters. The zero-order valence-electron chi connectivity index (χ0n) is 26.4. The second-order valence-corrected chi connectivity index (χ2v) is 10.8. The Bertz CT molecular complexity index is 1650. The van der Waals surface area contributed by atoms with Gasteiger partial charge in [0.1, 0.15) is 24.2 Å². The molecule has 0 fully saturated rings. The van der Waals surface area contributed by atoms with E-state index in [2.05, 4.69) is 19.2 Å². The van der Waals surface area contributed by atoms with Crippen LogP contribution in [0.1, 0.15) is 60.7 Å². The van der Waals surface area contributed by atoms with Gasteiger partial charge in [-0.3, -0.25) is 4.79 Å². The van der Waals surface area contributed by atoms with E-state index >= 15 is 0 Å². The van der Waals surface area contributed by atoms with Crippen LogP contribution in [0.2, 0.25) is 0 Å². The second-order valence-electron chi connectivity index (χ2n) is 10.8. The standard InChI is InChI=1S/C38H39NO7/c1-4-21-39-23-33(45-26(3)40)24-42-31-16-11-27(12-17-31)37(34(5-2)30-15-20-35-36(22-30)44-25-43-35)28-13-18-32(19-14-28)46-38(41)29-9-7-6-8-10-29/h6-20,22,33,39H,4-5,21,23-25H2,1-3H3/b37-34+. The van der Waals surface area contributed by atoms with Crippen LogP contribution in [-0.4, -0.2) is 44.5 Å². The third-order valence-corrected chi connectivity index (χ3v) is 7.45. The van der Waals surface area contributed by atoms with Gasteiger partial charge in [-0.05, 0) is 95.8 Å². The Morgan fingerprint density at radius 2 is 1.43 bits per heavy atom. The maximum atomic E-state index is 12.6. The van der Waals surface area contributed by atoms with E-state index < -0.39 is 12.1 Å². The highest BCUT2D eigenvalue weighted by Crippen LogP contribution is 2.40. The number of hydrogen-bond donors (Lipinski definition) is 1. The molecule has 0 aliphatic carbocycles. The van der Waals surface area contributed by atoms with E-state index in [-0.39, 0.29) is 19.4 Å². The summed E-state index contributed by atoms with van der Waals surface area (Å²) in [6, 6.07) is 30.3. The Kier molecular flexibility index (Phi) is 11.1. The van der Waals surface area contributed by atoms with Crippen molar-refractivity contribution in [1.29, 1.82) is 0 Å². The molecular weight excluding hydrogens is 582 g/mol. The van der Waals surface area contributed by atoms with Gasteiger partial charge in [0, 0.05) is 13.5 Å². The number of allylic oxidation sites excluding steroid dienone is 1. The van der Waals surface area contributed by atoms with Crippen molar-refractivity contribution in [1.82, 2.24) is 5.32 Å². The highest BCUT2D eigenvalue weighted by molar-refractivity contribution is 5.99. The summed E-state index contributed by atoms with van der Waals surface area (Å²) in [5.74, 6) is 1.81. The first-order valence-corrected chi connectivity index (χ1v) is 15.6. The lowest BCUT2D eigenvalue weighted by atomic mass is 9.88. The largest absolute Gasteiger partial charge is 0.490 e. The van der Waals surface area contributed by atoms with Crippen molar-refractivity contribution in [2.45, 2.75) is 39.7 Å². The summed E-state index contributed by atoms with van der Waals surface area (Å²) in [7, 11) is 0. The van der Waals surface area contributed by atoms with E-state index in [4.69, 9.17) is 23.7 Å². The number of hydrogen-bond acceptors (Lipinski definition) is 8. The number of nitrogens with one attached hydrogen (secondary N) is 1. The van der Waals surface area contributed by atoms with E-state index in [1.165, 1.54) is 6.92 Å². The number of ether oxygens (including phenoxy) is 5. The average Bonchev–Trinajstić information content (AvgIpc) is 3.55. The van der Waals surface area contributed by atoms with Crippen molar-refractivity contribution >= 4 is 23.1 Å². The van der Waals surface area contributed by atoms with Crippen LogP contribution in [0.4, 0.5) is 0 Å². The average molecular weight is 622 g/mol. The molecule has 0 spiro atoms. The van der Waals surface area contributed by atoms with Gasteiger partial charge in [-0.15, -0.1) is 0 Å². The minimum absolute atomic E-state index is 0.203. The maximum Gasteiger partial charge on any atom is 0.343 e. The highest BCUT2D eigenvalue weighted by atomic mass is 16.7. The van der Waals surface area contributed by atoms with Gasteiger partial charge in [-0.2, -0.15) is 0 Å².